The van der Waals surface area contributed by atoms with E-state index in [0.29, 0.717) is 6.54 Å². The molecule has 0 atom stereocenters. The van der Waals surface area contributed by atoms with E-state index in [1.165, 1.54) is 4.31 Å². The number of methoxy groups -OCH3 is 1. The second-order valence-corrected chi connectivity index (χ2v) is 7.06. The van der Waals surface area contributed by atoms with Gasteiger partial charge >= 0.3 is 0 Å². The van der Waals surface area contributed by atoms with Crippen molar-refractivity contribution in [2.75, 3.05) is 27.2 Å². The molecule has 2 N–H and O–H groups in total. The standard InChI is InChI=1S/C14H23N3O3S/c1-17(11-12-4-3-5-14(10-12)20-2)21(18,19)16-13-6-8-15-9-7-13/h3-5,10,13,15-16H,6-9,11H2,1-2H3. The molecular formula is C14H23N3O3S. The van der Waals surface area contributed by atoms with Gasteiger partial charge in [-0.1, -0.05) is 12.1 Å². The Bertz CT molecular complexity index is 556. The topological polar surface area (TPSA) is 70.7 Å². The van der Waals surface area contributed by atoms with Crippen LogP contribution in [0.25, 0.3) is 0 Å². The highest BCUT2D eigenvalue weighted by atomic mass is 32.2. The van der Waals surface area contributed by atoms with E-state index in [0.717, 1.165) is 37.2 Å². The molecule has 7 heteroatoms. The van der Waals surface area contributed by atoms with E-state index in [2.05, 4.69) is 10.0 Å². The second-order valence-electron chi connectivity index (χ2n) is 5.25. The van der Waals surface area contributed by atoms with E-state index < -0.39 is 10.2 Å². The van der Waals surface area contributed by atoms with Gasteiger partial charge in [0.15, 0.2) is 0 Å². The Morgan fingerprint density at radius 1 is 1.38 bits per heavy atom. The average molecular weight is 313 g/mol. The van der Waals surface area contributed by atoms with Crippen LogP contribution in [0.5, 0.6) is 5.75 Å². The summed E-state index contributed by atoms with van der Waals surface area (Å²) in [6, 6.07) is 7.44. The summed E-state index contributed by atoms with van der Waals surface area (Å²) in [5.41, 5.74) is 0.896. The fraction of sp³-hybridized carbons (Fsp3) is 0.571. The lowest BCUT2D eigenvalue weighted by Crippen LogP contribution is -2.47. The highest BCUT2D eigenvalue weighted by Gasteiger charge is 2.23. The maximum Gasteiger partial charge on any atom is 0.279 e. The Hall–Kier alpha value is -1.15. The van der Waals surface area contributed by atoms with Gasteiger partial charge in [0.2, 0.25) is 0 Å². The van der Waals surface area contributed by atoms with Gasteiger partial charge in [-0.2, -0.15) is 17.4 Å². The predicted molar refractivity (Wildman–Crippen MR) is 82.4 cm³/mol. The minimum absolute atomic E-state index is 0.0176. The van der Waals surface area contributed by atoms with Gasteiger partial charge < -0.3 is 10.1 Å². The molecule has 0 unspecified atom stereocenters. The van der Waals surface area contributed by atoms with Crippen LogP contribution in [0.4, 0.5) is 0 Å². The molecule has 1 aliphatic rings. The molecule has 0 spiro atoms. The van der Waals surface area contributed by atoms with E-state index in [-0.39, 0.29) is 6.04 Å². The van der Waals surface area contributed by atoms with Crippen LogP contribution in [-0.4, -0.2) is 46.0 Å². The van der Waals surface area contributed by atoms with E-state index in [4.69, 9.17) is 4.74 Å². The van der Waals surface area contributed by atoms with Crippen molar-refractivity contribution >= 4 is 10.2 Å². The van der Waals surface area contributed by atoms with Gasteiger partial charge in [-0.15, -0.1) is 0 Å². The van der Waals surface area contributed by atoms with E-state index >= 15 is 0 Å². The van der Waals surface area contributed by atoms with Crippen LogP contribution in [0.1, 0.15) is 18.4 Å². The van der Waals surface area contributed by atoms with Crippen molar-refractivity contribution in [3.8, 4) is 5.75 Å². The Balaban J connectivity index is 1.98. The predicted octanol–water partition coefficient (Wildman–Crippen LogP) is 0.713. The SMILES string of the molecule is COc1cccc(CN(C)S(=O)(=O)NC2CCNCC2)c1. The minimum atomic E-state index is -3.46. The molecule has 6 nitrogen and oxygen atoms in total. The highest BCUT2D eigenvalue weighted by molar-refractivity contribution is 7.87. The third-order valence-corrected chi connectivity index (χ3v) is 5.19. The van der Waals surface area contributed by atoms with Crippen molar-refractivity contribution in [1.29, 1.82) is 0 Å². The lowest BCUT2D eigenvalue weighted by Gasteiger charge is -2.26. The zero-order valence-electron chi connectivity index (χ0n) is 12.5. The smallest absolute Gasteiger partial charge is 0.279 e. The molecule has 1 aromatic carbocycles. The van der Waals surface area contributed by atoms with Crippen molar-refractivity contribution in [2.45, 2.75) is 25.4 Å². The van der Waals surface area contributed by atoms with Crippen LogP contribution < -0.4 is 14.8 Å². The molecule has 0 bridgehead atoms. The second kappa shape index (κ2) is 7.22. The summed E-state index contributed by atoms with van der Waals surface area (Å²) < 4.78 is 33.9. The van der Waals surface area contributed by atoms with Crippen molar-refractivity contribution in [3.63, 3.8) is 0 Å². The van der Waals surface area contributed by atoms with Gasteiger partial charge in [0.05, 0.1) is 7.11 Å². The number of benzene rings is 1. The molecule has 1 saturated heterocycles. The molecule has 1 aliphatic heterocycles. The third-order valence-electron chi connectivity index (χ3n) is 3.60. The average Bonchev–Trinajstić information content (AvgIpc) is 2.48. The largest absolute Gasteiger partial charge is 0.497 e. The van der Waals surface area contributed by atoms with Crippen LogP contribution in [-0.2, 0) is 16.8 Å². The van der Waals surface area contributed by atoms with Crippen LogP contribution in [0.3, 0.4) is 0 Å². The van der Waals surface area contributed by atoms with E-state index in [1.54, 1.807) is 14.2 Å². The summed E-state index contributed by atoms with van der Waals surface area (Å²) in [6.07, 6.45) is 1.65. The summed E-state index contributed by atoms with van der Waals surface area (Å²) in [6.45, 7) is 2.02. The van der Waals surface area contributed by atoms with Gasteiger partial charge in [-0.05, 0) is 43.6 Å². The molecule has 118 valence electrons. The number of nitrogens with one attached hydrogen (secondary N) is 2. The van der Waals surface area contributed by atoms with Gasteiger partial charge in [0, 0.05) is 19.6 Å². The molecule has 21 heavy (non-hydrogen) atoms. The number of hydrogen-bond acceptors (Lipinski definition) is 4. The minimum Gasteiger partial charge on any atom is -0.497 e. The molecule has 0 aromatic heterocycles. The lowest BCUT2D eigenvalue weighted by atomic mass is 10.1. The zero-order chi connectivity index (χ0) is 15.3. The van der Waals surface area contributed by atoms with Crippen LogP contribution in [0.2, 0.25) is 0 Å². The van der Waals surface area contributed by atoms with E-state index in [9.17, 15) is 8.42 Å². The lowest BCUT2D eigenvalue weighted by molar-refractivity contribution is 0.397. The first kappa shape index (κ1) is 16.2. The molecule has 1 heterocycles. The number of ether oxygens (including phenoxy) is 1. The molecule has 0 amide bonds. The summed E-state index contributed by atoms with van der Waals surface area (Å²) in [7, 11) is -0.281. The highest BCUT2D eigenvalue weighted by Crippen LogP contribution is 2.15. The van der Waals surface area contributed by atoms with Gasteiger partial charge in [-0.3, -0.25) is 0 Å². The van der Waals surface area contributed by atoms with Crippen molar-refractivity contribution in [3.05, 3.63) is 29.8 Å². The third kappa shape index (κ3) is 4.67. The summed E-state index contributed by atoms with van der Waals surface area (Å²) in [4.78, 5) is 0. The Kier molecular flexibility index (Phi) is 5.58. The first-order chi connectivity index (χ1) is 10.0. The quantitative estimate of drug-likeness (QED) is 0.811. The summed E-state index contributed by atoms with van der Waals surface area (Å²) in [5, 5.41) is 3.22. The first-order valence-corrected chi connectivity index (χ1v) is 8.52. The zero-order valence-corrected chi connectivity index (χ0v) is 13.3. The normalized spacial score (nSPS) is 17.1. The molecule has 1 fully saturated rings. The van der Waals surface area contributed by atoms with Gasteiger partial charge in [0.1, 0.15) is 5.75 Å². The molecule has 0 radical (unpaired) electrons. The van der Waals surface area contributed by atoms with Crippen LogP contribution in [0, 0.1) is 0 Å². The van der Waals surface area contributed by atoms with Crippen LogP contribution in [0.15, 0.2) is 24.3 Å². The van der Waals surface area contributed by atoms with Gasteiger partial charge in [0.25, 0.3) is 10.2 Å². The Morgan fingerprint density at radius 2 is 2.10 bits per heavy atom. The fourth-order valence-corrected chi connectivity index (χ4v) is 3.51. The van der Waals surface area contributed by atoms with Crippen molar-refractivity contribution in [2.24, 2.45) is 0 Å². The van der Waals surface area contributed by atoms with Crippen LogP contribution >= 0.6 is 0 Å². The Morgan fingerprint density at radius 3 is 2.76 bits per heavy atom. The molecule has 2 rings (SSSR count). The monoisotopic (exact) mass is 313 g/mol. The van der Waals surface area contributed by atoms with Crippen molar-refractivity contribution < 1.29 is 13.2 Å². The number of hydrogen-bond donors (Lipinski definition) is 2. The van der Waals surface area contributed by atoms with E-state index in [1.807, 2.05) is 24.3 Å². The summed E-state index contributed by atoms with van der Waals surface area (Å²) >= 11 is 0. The van der Waals surface area contributed by atoms with Gasteiger partial charge in [-0.25, -0.2) is 0 Å². The molecular weight excluding hydrogens is 290 g/mol. The summed E-state index contributed by atoms with van der Waals surface area (Å²) in [5.74, 6) is 0.726. The first-order valence-electron chi connectivity index (χ1n) is 7.08. The maximum absolute atomic E-state index is 12.3. The molecule has 0 aliphatic carbocycles. The number of piperidine rings is 1. The molecule has 1 aromatic rings. The maximum atomic E-state index is 12.3. The number of rotatable bonds is 6. The number of nitrogens with zero attached hydrogens (tertiary/aromatic N) is 1. The van der Waals surface area contributed by atoms with Crippen molar-refractivity contribution in [1.82, 2.24) is 14.3 Å². The fourth-order valence-electron chi connectivity index (χ4n) is 2.35. The molecule has 0 saturated carbocycles. The Labute approximate surface area is 126 Å².